The van der Waals surface area contributed by atoms with E-state index in [9.17, 15) is 0 Å². The topological polar surface area (TPSA) is 0 Å². The van der Waals surface area contributed by atoms with E-state index in [4.69, 9.17) is 0 Å². The van der Waals surface area contributed by atoms with Gasteiger partial charge in [-0.05, 0) is 0 Å². The molecule has 0 radical (unpaired) electrons. The molecule has 0 aromatic rings. The molecule has 0 aromatic carbocycles. The zero-order valence-corrected chi connectivity index (χ0v) is 25.6. The first-order chi connectivity index (χ1) is 15.0. The van der Waals surface area contributed by atoms with Crippen molar-refractivity contribution in [2.45, 2.75) is 163 Å². The minimum absolute atomic E-state index is 1.37. The number of hydrogen-bond acceptors (Lipinski definition) is 0. The first kappa shape index (κ1) is 32.2. The monoisotopic (exact) mass is 568 g/mol. The van der Waals surface area contributed by atoms with Crippen molar-refractivity contribution in [2.75, 3.05) is 24.6 Å². The SMILES string of the molecule is CCCCCCCCP(I)(CCCCCCC)(CCCCCCC)CCCCCCC. The first-order valence-electron chi connectivity index (χ1n) is 14.8. The van der Waals surface area contributed by atoms with Gasteiger partial charge in [0.2, 0.25) is 0 Å². The molecule has 0 amide bonds. The molecule has 0 N–H and O–H groups in total. The molecular weight excluding hydrogens is 506 g/mol. The van der Waals surface area contributed by atoms with Crippen LogP contribution in [0.4, 0.5) is 0 Å². The van der Waals surface area contributed by atoms with Crippen molar-refractivity contribution >= 4 is 26.3 Å². The quantitative estimate of drug-likeness (QED) is 0.0584. The van der Waals surface area contributed by atoms with Gasteiger partial charge < -0.3 is 0 Å². The molecule has 0 aromatic heterocycles. The van der Waals surface area contributed by atoms with Crippen LogP contribution in [0.15, 0.2) is 0 Å². The summed E-state index contributed by atoms with van der Waals surface area (Å²) in [4.78, 5) is 0. The van der Waals surface area contributed by atoms with Gasteiger partial charge >= 0.3 is 213 Å². The zero-order valence-electron chi connectivity index (χ0n) is 22.5. The van der Waals surface area contributed by atoms with Gasteiger partial charge in [0.1, 0.15) is 0 Å². The Bertz CT molecular complexity index is 329. The van der Waals surface area contributed by atoms with Crippen molar-refractivity contribution in [1.82, 2.24) is 0 Å². The van der Waals surface area contributed by atoms with Gasteiger partial charge in [0.15, 0.2) is 0 Å². The summed E-state index contributed by atoms with van der Waals surface area (Å²) >= 11 is 3.19. The van der Waals surface area contributed by atoms with E-state index in [1.807, 2.05) is 0 Å². The van der Waals surface area contributed by atoms with Crippen LogP contribution in [0.5, 0.6) is 0 Å². The average Bonchev–Trinajstić information content (AvgIpc) is 2.76. The van der Waals surface area contributed by atoms with E-state index in [-0.39, 0.29) is 0 Å². The molecule has 0 aliphatic rings. The fourth-order valence-electron chi connectivity index (χ4n) is 5.29. The van der Waals surface area contributed by atoms with Crippen molar-refractivity contribution in [3.8, 4) is 0 Å². The predicted molar refractivity (Wildman–Crippen MR) is 160 cm³/mol. The van der Waals surface area contributed by atoms with Crippen LogP contribution in [0.3, 0.4) is 0 Å². The van der Waals surface area contributed by atoms with Crippen LogP contribution in [0.2, 0.25) is 0 Å². The molecule has 0 nitrogen and oxygen atoms in total. The van der Waals surface area contributed by atoms with Gasteiger partial charge in [-0.2, -0.15) is 0 Å². The van der Waals surface area contributed by atoms with E-state index in [0.717, 1.165) is 0 Å². The second-order valence-corrected chi connectivity index (χ2v) is 24.3. The molecule has 31 heavy (non-hydrogen) atoms. The summed E-state index contributed by atoms with van der Waals surface area (Å²) in [5.41, 5.74) is 0. The number of hydrogen-bond donors (Lipinski definition) is 0. The van der Waals surface area contributed by atoms with Gasteiger partial charge in [-0.15, -0.1) is 0 Å². The standard InChI is InChI=1S/C29H62IP/c1-5-9-13-17-21-25-29-31(30,26-22-18-14-10-6-2,27-23-19-15-11-7-3)28-24-20-16-12-8-4/h5-29H2,1-4H3. The maximum atomic E-state index is 3.19. The van der Waals surface area contributed by atoms with Crippen LogP contribution in [-0.4, -0.2) is 24.6 Å². The van der Waals surface area contributed by atoms with Crippen LogP contribution >= 0.6 is 26.3 Å². The molecule has 0 bridgehead atoms. The molecule has 0 saturated carbocycles. The predicted octanol–water partition coefficient (Wildman–Crippen LogP) is 12.2. The molecular formula is C29H62IP. The summed E-state index contributed by atoms with van der Waals surface area (Å²) in [7, 11) is 0. The number of rotatable bonds is 25. The van der Waals surface area contributed by atoms with Crippen molar-refractivity contribution < 1.29 is 0 Å². The Morgan fingerprint density at radius 2 is 0.516 bits per heavy atom. The summed E-state index contributed by atoms with van der Waals surface area (Å²) in [5, 5.41) is 0. The van der Waals surface area contributed by atoms with Crippen molar-refractivity contribution in [2.24, 2.45) is 0 Å². The third-order valence-corrected chi connectivity index (χ3v) is 19.1. The third-order valence-electron chi connectivity index (χ3n) is 7.53. The van der Waals surface area contributed by atoms with E-state index in [1.54, 1.807) is 24.6 Å². The van der Waals surface area contributed by atoms with Crippen molar-refractivity contribution in [3.63, 3.8) is 0 Å². The second kappa shape index (κ2) is 21.7. The summed E-state index contributed by atoms with van der Waals surface area (Å²) in [5.74, 6) is 0. The molecule has 0 rings (SSSR count). The fourth-order valence-corrected chi connectivity index (χ4v) is 14.8. The van der Waals surface area contributed by atoms with Crippen LogP contribution in [0.25, 0.3) is 0 Å². The molecule has 0 aliphatic heterocycles. The Labute approximate surface area is 212 Å². The van der Waals surface area contributed by atoms with Crippen molar-refractivity contribution in [3.05, 3.63) is 0 Å². The van der Waals surface area contributed by atoms with Crippen LogP contribution in [-0.2, 0) is 0 Å². The van der Waals surface area contributed by atoms with Gasteiger partial charge in [0.05, 0.1) is 0 Å². The van der Waals surface area contributed by atoms with Gasteiger partial charge in [0, 0.05) is 0 Å². The Kier molecular flexibility index (Phi) is 22.5. The summed E-state index contributed by atoms with van der Waals surface area (Å²) in [6.07, 6.45) is 37.3. The van der Waals surface area contributed by atoms with Gasteiger partial charge in [0.25, 0.3) is 0 Å². The Morgan fingerprint density at radius 1 is 0.323 bits per heavy atom. The normalized spacial score (nSPS) is 13.4. The summed E-state index contributed by atoms with van der Waals surface area (Å²) in [6.45, 7) is 9.39. The van der Waals surface area contributed by atoms with Crippen LogP contribution in [0, 0.1) is 0 Å². The van der Waals surface area contributed by atoms with E-state index in [0.29, 0.717) is 0 Å². The minimum atomic E-state index is -1.57. The number of unbranched alkanes of at least 4 members (excludes halogenated alkanes) is 17. The third kappa shape index (κ3) is 18.2. The molecule has 0 spiro atoms. The zero-order chi connectivity index (χ0) is 23.1. The van der Waals surface area contributed by atoms with Crippen LogP contribution < -0.4 is 0 Å². The maximum absolute atomic E-state index is 3.19. The average molecular weight is 569 g/mol. The van der Waals surface area contributed by atoms with Crippen molar-refractivity contribution in [1.29, 1.82) is 0 Å². The van der Waals surface area contributed by atoms with E-state index >= 15 is 0 Å². The van der Waals surface area contributed by atoms with Gasteiger partial charge in [-0.3, -0.25) is 0 Å². The van der Waals surface area contributed by atoms with Gasteiger partial charge in [-0.25, -0.2) is 0 Å². The Hall–Kier alpha value is 1.16. The molecule has 0 saturated heterocycles. The molecule has 0 fully saturated rings. The van der Waals surface area contributed by atoms with Gasteiger partial charge in [-0.1, -0.05) is 0 Å². The summed E-state index contributed by atoms with van der Waals surface area (Å²) in [6, 6.07) is 0. The van der Waals surface area contributed by atoms with Crippen LogP contribution in [0.1, 0.15) is 163 Å². The van der Waals surface area contributed by atoms with E-state index < -0.39 is 4.25 Å². The second-order valence-electron chi connectivity index (χ2n) is 10.7. The van der Waals surface area contributed by atoms with E-state index in [1.165, 1.54) is 135 Å². The Morgan fingerprint density at radius 3 is 0.742 bits per heavy atom. The molecule has 0 heterocycles. The summed E-state index contributed by atoms with van der Waals surface area (Å²) < 4.78 is -1.57. The number of halogens is 1. The molecule has 0 unspecified atom stereocenters. The molecule has 2 heteroatoms. The van der Waals surface area contributed by atoms with E-state index in [2.05, 4.69) is 49.7 Å². The molecule has 0 aliphatic carbocycles. The first-order valence-corrected chi connectivity index (χ1v) is 20.5. The fraction of sp³-hybridized carbons (Fsp3) is 1.00. The molecule has 0 atom stereocenters. The molecule has 190 valence electrons. The Balaban J connectivity index is 4.97.